The molecule has 1 fully saturated rings. The Balaban J connectivity index is 2.07. The zero-order valence-corrected chi connectivity index (χ0v) is 11.3. The van der Waals surface area contributed by atoms with E-state index in [-0.39, 0.29) is 18.1 Å². The van der Waals surface area contributed by atoms with Crippen LogP contribution in [-0.2, 0) is 9.53 Å². The van der Waals surface area contributed by atoms with Crippen LogP contribution in [0, 0.1) is 0 Å². The van der Waals surface area contributed by atoms with Crippen LogP contribution in [0.15, 0.2) is 30.3 Å². The summed E-state index contributed by atoms with van der Waals surface area (Å²) in [7, 11) is 0. The predicted octanol–water partition coefficient (Wildman–Crippen LogP) is 2.77. The van der Waals surface area contributed by atoms with E-state index in [1.807, 2.05) is 25.1 Å². The van der Waals surface area contributed by atoms with E-state index in [2.05, 4.69) is 30.9 Å². The Kier molecular flexibility index (Phi) is 4.02. The third-order valence-electron chi connectivity index (χ3n) is 3.65. The van der Waals surface area contributed by atoms with Gasteiger partial charge in [0.15, 0.2) is 0 Å². The molecule has 1 aromatic carbocycles. The average molecular weight is 247 g/mol. The van der Waals surface area contributed by atoms with Gasteiger partial charge in [-0.05, 0) is 25.8 Å². The molecule has 0 aromatic heterocycles. The van der Waals surface area contributed by atoms with Crippen LogP contribution in [0.5, 0.6) is 0 Å². The van der Waals surface area contributed by atoms with Crippen LogP contribution < -0.4 is 0 Å². The summed E-state index contributed by atoms with van der Waals surface area (Å²) in [6.45, 7) is 6.58. The Morgan fingerprint density at radius 2 is 2.00 bits per heavy atom. The second kappa shape index (κ2) is 5.53. The van der Waals surface area contributed by atoms with Crippen molar-refractivity contribution < 1.29 is 9.53 Å². The van der Waals surface area contributed by atoms with Crippen molar-refractivity contribution in [3.63, 3.8) is 0 Å². The summed E-state index contributed by atoms with van der Waals surface area (Å²) < 4.78 is 5.13. The van der Waals surface area contributed by atoms with Crippen LogP contribution in [0.4, 0.5) is 0 Å². The fourth-order valence-corrected chi connectivity index (χ4v) is 2.67. The Labute approximate surface area is 109 Å². The molecular formula is C15H21NO2. The lowest BCUT2D eigenvalue weighted by molar-refractivity contribution is -0.143. The lowest BCUT2D eigenvalue weighted by Crippen LogP contribution is -2.18. The molecule has 18 heavy (non-hydrogen) atoms. The molecule has 1 saturated heterocycles. The number of hydrogen-bond donors (Lipinski definition) is 0. The van der Waals surface area contributed by atoms with E-state index in [4.69, 9.17) is 4.74 Å². The summed E-state index contributed by atoms with van der Waals surface area (Å²) in [4.78, 5) is 14.1. The van der Waals surface area contributed by atoms with Crippen LogP contribution in [-0.4, -0.2) is 29.6 Å². The number of esters is 1. The van der Waals surface area contributed by atoms with Crippen LogP contribution >= 0.6 is 0 Å². The molecule has 0 N–H and O–H groups in total. The standard InChI is InChI=1S/C15H21NO2/c1-4-13-14(15(17)18-5-2)16(13)11(3)12-9-7-6-8-10-12/h6-11,13-14H,4-5H2,1-3H3/t11-,13?,14?,16?/m0/s1. The Hall–Kier alpha value is -1.35. The minimum absolute atomic E-state index is 0.0508. The van der Waals surface area contributed by atoms with Gasteiger partial charge in [-0.25, -0.2) is 0 Å². The molecule has 1 aromatic rings. The highest BCUT2D eigenvalue weighted by molar-refractivity contribution is 5.80. The van der Waals surface area contributed by atoms with Crippen molar-refractivity contribution in [2.45, 2.75) is 45.3 Å². The first-order valence-electron chi connectivity index (χ1n) is 6.69. The quantitative estimate of drug-likeness (QED) is 0.592. The van der Waals surface area contributed by atoms with Gasteiger partial charge >= 0.3 is 5.97 Å². The number of carbonyl (C=O) groups is 1. The van der Waals surface area contributed by atoms with Crippen LogP contribution in [0.25, 0.3) is 0 Å². The second-order valence-electron chi connectivity index (χ2n) is 4.71. The van der Waals surface area contributed by atoms with E-state index >= 15 is 0 Å². The molecule has 0 bridgehead atoms. The van der Waals surface area contributed by atoms with Crippen molar-refractivity contribution in [1.29, 1.82) is 0 Å². The number of carbonyl (C=O) groups excluding carboxylic acids is 1. The first kappa shape index (κ1) is 13.1. The van der Waals surface area contributed by atoms with Gasteiger partial charge in [-0.1, -0.05) is 37.3 Å². The van der Waals surface area contributed by atoms with Gasteiger partial charge in [0.1, 0.15) is 6.04 Å². The molecule has 1 aliphatic rings. The summed E-state index contributed by atoms with van der Waals surface area (Å²) in [5, 5.41) is 0. The number of nitrogens with zero attached hydrogens (tertiary/aromatic N) is 1. The summed E-state index contributed by atoms with van der Waals surface area (Å²) in [5.41, 5.74) is 1.25. The molecule has 0 radical (unpaired) electrons. The normalized spacial score (nSPS) is 27.6. The molecular weight excluding hydrogens is 226 g/mol. The number of hydrogen-bond acceptors (Lipinski definition) is 3. The zero-order valence-electron chi connectivity index (χ0n) is 11.3. The first-order chi connectivity index (χ1) is 8.70. The molecule has 4 atom stereocenters. The lowest BCUT2D eigenvalue weighted by Gasteiger charge is -2.14. The summed E-state index contributed by atoms with van der Waals surface area (Å²) in [6.07, 6.45) is 0.987. The molecule has 1 aliphatic heterocycles. The van der Waals surface area contributed by atoms with E-state index in [0.29, 0.717) is 12.6 Å². The molecule has 0 aliphatic carbocycles. The van der Waals surface area contributed by atoms with E-state index in [1.54, 1.807) is 0 Å². The van der Waals surface area contributed by atoms with Gasteiger partial charge in [-0.2, -0.15) is 0 Å². The molecule has 3 unspecified atom stereocenters. The summed E-state index contributed by atoms with van der Waals surface area (Å²) in [6, 6.07) is 10.9. The molecule has 1 heterocycles. The highest BCUT2D eigenvalue weighted by atomic mass is 16.5. The summed E-state index contributed by atoms with van der Waals surface area (Å²) >= 11 is 0. The fourth-order valence-electron chi connectivity index (χ4n) is 2.67. The van der Waals surface area contributed by atoms with Gasteiger partial charge in [0.05, 0.1) is 6.61 Å². The number of ether oxygens (including phenoxy) is 1. The maximum absolute atomic E-state index is 11.9. The second-order valence-corrected chi connectivity index (χ2v) is 4.71. The Morgan fingerprint density at radius 3 is 2.56 bits per heavy atom. The van der Waals surface area contributed by atoms with Gasteiger partial charge < -0.3 is 4.74 Å². The van der Waals surface area contributed by atoms with Crippen molar-refractivity contribution in [2.24, 2.45) is 0 Å². The van der Waals surface area contributed by atoms with Gasteiger partial charge in [0.25, 0.3) is 0 Å². The third kappa shape index (κ3) is 2.41. The maximum atomic E-state index is 11.9. The van der Waals surface area contributed by atoms with Crippen molar-refractivity contribution >= 4 is 5.97 Å². The van der Waals surface area contributed by atoms with Gasteiger partial charge in [-0.15, -0.1) is 0 Å². The maximum Gasteiger partial charge on any atom is 0.325 e. The van der Waals surface area contributed by atoms with Crippen LogP contribution in [0.1, 0.15) is 38.8 Å². The SMILES string of the molecule is CCOC(=O)C1C(CC)N1[C@@H](C)c1ccccc1. The number of rotatable bonds is 5. The van der Waals surface area contributed by atoms with Crippen molar-refractivity contribution in [3.8, 4) is 0 Å². The predicted molar refractivity (Wildman–Crippen MR) is 71.2 cm³/mol. The van der Waals surface area contributed by atoms with Crippen LogP contribution in [0.3, 0.4) is 0 Å². The molecule has 3 heteroatoms. The van der Waals surface area contributed by atoms with Crippen molar-refractivity contribution in [3.05, 3.63) is 35.9 Å². The highest BCUT2D eigenvalue weighted by Gasteiger charge is 2.54. The van der Waals surface area contributed by atoms with Gasteiger partial charge in [0, 0.05) is 12.1 Å². The Bertz CT molecular complexity index is 404. The first-order valence-corrected chi connectivity index (χ1v) is 6.69. The lowest BCUT2D eigenvalue weighted by atomic mass is 10.1. The smallest absolute Gasteiger partial charge is 0.325 e. The molecule has 98 valence electrons. The van der Waals surface area contributed by atoms with E-state index in [0.717, 1.165) is 6.42 Å². The van der Waals surface area contributed by atoms with E-state index < -0.39 is 0 Å². The molecule has 0 spiro atoms. The average Bonchev–Trinajstić information content (AvgIpc) is 3.13. The van der Waals surface area contributed by atoms with Gasteiger partial charge in [-0.3, -0.25) is 9.69 Å². The van der Waals surface area contributed by atoms with Gasteiger partial charge in [0.2, 0.25) is 0 Å². The van der Waals surface area contributed by atoms with Crippen LogP contribution in [0.2, 0.25) is 0 Å². The van der Waals surface area contributed by atoms with E-state index in [1.165, 1.54) is 5.56 Å². The Morgan fingerprint density at radius 1 is 1.33 bits per heavy atom. The number of benzene rings is 1. The molecule has 0 amide bonds. The minimum atomic E-state index is -0.0767. The topological polar surface area (TPSA) is 29.3 Å². The van der Waals surface area contributed by atoms with E-state index in [9.17, 15) is 4.79 Å². The fraction of sp³-hybridized carbons (Fsp3) is 0.533. The molecule has 2 rings (SSSR count). The monoisotopic (exact) mass is 247 g/mol. The molecule has 3 nitrogen and oxygen atoms in total. The molecule has 0 saturated carbocycles. The highest BCUT2D eigenvalue weighted by Crippen LogP contribution is 2.40. The third-order valence-corrected chi connectivity index (χ3v) is 3.65. The summed E-state index contributed by atoms with van der Waals surface area (Å²) in [5.74, 6) is -0.0767. The minimum Gasteiger partial charge on any atom is -0.465 e. The largest absolute Gasteiger partial charge is 0.465 e. The van der Waals surface area contributed by atoms with Crippen molar-refractivity contribution in [1.82, 2.24) is 4.90 Å². The van der Waals surface area contributed by atoms with Crippen molar-refractivity contribution in [2.75, 3.05) is 6.61 Å². The zero-order chi connectivity index (χ0) is 13.1.